The Bertz CT molecular complexity index is 1170. The van der Waals surface area contributed by atoms with E-state index in [-0.39, 0.29) is 18.5 Å². The molecule has 220 valence electrons. The van der Waals surface area contributed by atoms with Gasteiger partial charge in [-0.3, -0.25) is 9.36 Å². The molecule has 0 spiro atoms. The highest BCUT2D eigenvalue weighted by atomic mass is 35.5. The molecule has 0 radical (unpaired) electrons. The second kappa shape index (κ2) is 19.4. The van der Waals surface area contributed by atoms with Gasteiger partial charge in [0.25, 0.3) is 0 Å². The van der Waals surface area contributed by atoms with Crippen LogP contribution in [0.25, 0.3) is 0 Å². The highest BCUT2D eigenvalue weighted by molar-refractivity contribution is 6.18. The molecule has 2 atom stereocenters. The standard InChI is InChI=1S/C15H21N3O.C11H12N2O.C4H10ClN.ClH/c1-17(2)11-12-19-15(13-7-5-4-6-8-13)14-9-10-16-18(14)3;1-13-10(7-8-12-13)11(14)9-5-3-2-4-6-9;1-6(2)4-3-5;/h4-10,15H,11-12H2,1-3H3;2-8,11,14H,1H3;3-4H2,1-2H3;1H. The Labute approximate surface area is 250 Å². The maximum Gasteiger partial charge on any atom is 0.124 e. The quantitative estimate of drug-likeness (QED) is 0.268. The van der Waals surface area contributed by atoms with Crippen molar-refractivity contribution in [3.05, 3.63) is 108 Å². The van der Waals surface area contributed by atoms with E-state index in [0.717, 1.165) is 41.5 Å². The van der Waals surface area contributed by atoms with Crippen molar-refractivity contribution in [2.24, 2.45) is 14.1 Å². The Balaban J connectivity index is 0.000000335. The number of hydrogen-bond acceptors (Lipinski definition) is 6. The highest BCUT2D eigenvalue weighted by Crippen LogP contribution is 2.25. The maximum absolute atomic E-state index is 10.0. The van der Waals surface area contributed by atoms with Gasteiger partial charge in [-0.25, -0.2) is 0 Å². The number of aryl methyl sites for hydroxylation is 2. The van der Waals surface area contributed by atoms with Crippen LogP contribution in [-0.2, 0) is 18.8 Å². The lowest BCUT2D eigenvalue weighted by molar-refractivity contribution is 0.0638. The van der Waals surface area contributed by atoms with Crippen molar-refractivity contribution >= 4 is 24.0 Å². The van der Waals surface area contributed by atoms with Gasteiger partial charge in [-0.05, 0) is 51.5 Å². The maximum atomic E-state index is 10.0. The third-order valence-corrected chi connectivity index (χ3v) is 6.01. The lowest BCUT2D eigenvalue weighted by atomic mass is 10.1. The summed E-state index contributed by atoms with van der Waals surface area (Å²) in [4.78, 5) is 4.16. The zero-order chi connectivity index (χ0) is 28.6. The summed E-state index contributed by atoms with van der Waals surface area (Å²) < 4.78 is 9.61. The molecule has 8 nitrogen and oxygen atoms in total. The summed E-state index contributed by atoms with van der Waals surface area (Å²) in [6.45, 7) is 2.57. The summed E-state index contributed by atoms with van der Waals surface area (Å²) >= 11 is 5.35. The van der Waals surface area contributed by atoms with Gasteiger partial charge in [-0.15, -0.1) is 24.0 Å². The van der Waals surface area contributed by atoms with E-state index in [0.29, 0.717) is 6.61 Å². The Morgan fingerprint density at radius 2 is 1.23 bits per heavy atom. The van der Waals surface area contributed by atoms with Gasteiger partial charge in [0.05, 0.1) is 18.0 Å². The van der Waals surface area contributed by atoms with Crippen LogP contribution >= 0.6 is 24.0 Å². The second-order valence-corrected chi connectivity index (χ2v) is 9.91. The Hall–Kier alpha value is -2.72. The van der Waals surface area contributed by atoms with E-state index in [9.17, 15) is 5.11 Å². The van der Waals surface area contributed by atoms with E-state index in [1.54, 1.807) is 17.1 Å². The molecule has 0 saturated heterocycles. The molecule has 0 aliphatic heterocycles. The summed E-state index contributed by atoms with van der Waals surface area (Å²) in [5.74, 6) is 0.729. The number of alkyl halides is 1. The van der Waals surface area contributed by atoms with E-state index in [1.807, 2.05) is 113 Å². The van der Waals surface area contributed by atoms with E-state index < -0.39 is 6.10 Å². The largest absolute Gasteiger partial charge is 0.382 e. The predicted molar refractivity (Wildman–Crippen MR) is 166 cm³/mol. The van der Waals surface area contributed by atoms with Crippen LogP contribution in [0.15, 0.2) is 85.2 Å². The van der Waals surface area contributed by atoms with Crippen LogP contribution < -0.4 is 0 Å². The van der Waals surface area contributed by atoms with Crippen molar-refractivity contribution < 1.29 is 9.84 Å². The summed E-state index contributed by atoms with van der Waals surface area (Å²) in [5.41, 5.74) is 3.92. The Morgan fingerprint density at radius 3 is 1.62 bits per heavy atom. The van der Waals surface area contributed by atoms with Crippen molar-refractivity contribution in [2.75, 3.05) is 53.8 Å². The van der Waals surface area contributed by atoms with Gasteiger partial charge in [0.1, 0.15) is 12.2 Å². The number of hydrogen-bond donors (Lipinski definition) is 1. The van der Waals surface area contributed by atoms with Crippen molar-refractivity contribution in [3.63, 3.8) is 0 Å². The smallest absolute Gasteiger partial charge is 0.124 e. The minimum absolute atomic E-state index is 0. The molecule has 10 heteroatoms. The SMILES string of the molecule is CN(C)CCCl.CN(C)CCOC(c1ccccc1)c1ccnn1C.Cl.Cn1nccc1C(O)c1ccccc1. The number of benzene rings is 2. The number of aromatic nitrogens is 4. The topological polar surface area (TPSA) is 71.6 Å². The second-order valence-electron chi connectivity index (χ2n) is 9.53. The van der Waals surface area contributed by atoms with Crippen LogP contribution in [0.5, 0.6) is 0 Å². The van der Waals surface area contributed by atoms with E-state index in [1.165, 1.54) is 0 Å². The third kappa shape index (κ3) is 12.2. The summed E-state index contributed by atoms with van der Waals surface area (Å²) in [6.07, 6.45) is 2.83. The predicted octanol–water partition coefficient (Wildman–Crippen LogP) is 4.80. The average Bonchev–Trinajstić information content (AvgIpc) is 3.55. The first-order chi connectivity index (χ1) is 18.7. The Morgan fingerprint density at radius 1 is 0.750 bits per heavy atom. The minimum atomic E-state index is -0.594. The van der Waals surface area contributed by atoms with Crippen LogP contribution in [0.1, 0.15) is 34.7 Å². The summed E-state index contributed by atoms with van der Waals surface area (Å²) in [6, 6.07) is 23.6. The molecular weight excluding hydrogens is 547 g/mol. The Kier molecular flexibility index (Phi) is 17.1. The van der Waals surface area contributed by atoms with Crippen LogP contribution in [-0.4, -0.2) is 88.2 Å². The molecule has 0 aliphatic carbocycles. The number of likely N-dealkylation sites (N-methyl/N-ethyl adjacent to an activating group) is 1. The molecule has 4 aromatic rings. The van der Waals surface area contributed by atoms with Gasteiger partial charge in [0.15, 0.2) is 0 Å². The first kappa shape index (κ1) is 35.3. The lowest BCUT2D eigenvalue weighted by Crippen LogP contribution is -2.20. The van der Waals surface area contributed by atoms with Crippen LogP contribution in [0.2, 0.25) is 0 Å². The monoisotopic (exact) mass is 590 g/mol. The first-order valence-electron chi connectivity index (χ1n) is 12.9. The molecule has 40 heavy (non-hydrogen) atoms. The van der Waals surface area contributed by atoms with Crippen molar-refractivity contribution in [3.8, 4) is 0 Å². The highest BCUT2D eigenvalue weighted by Gasteiger charge is 2.17. The number of aliphatic hydroxyl groups is 1. The number of halogens is 2. The van der Waals surface area contributed by atoms with Gasteiger partial charge in [0.2, 0.25) is 0 Å². The van der Waals surface area contributed by atoms with Gasteiger partial charge in [-0.2, -0.15) is 10.2 Å². The number of rotatable bonds is 10. The summed E-state index contributed by atoms with van der Waals surface area (Å²) in [7, 11) is 11.9. The molecule has 0 aliphatic rings. The van der Waals surface area contributed by atoms with Crippen LogP contribution in [0.4, 0.5) is 0 Å². The third-order valence-electron chi connectivity index (χ3n) is 5.84. The average molecular weight is 592 g/mol. The molecule has 2 unspecified atom stereocenters. The van der Waals surface area contributed by atoms with Crippen molar-refractivity contribution in [1.82, 2.24) is 29.4 Å². The molecule has 2 heterocycles. The van der Waals surface area contributed by atoms with Gasteiger partial charge in [-0.1, -0.05) is 60.7 Å². The lowest BCUT2D eigenvalue weighted by Gasteiger charge is -2.20. The normalized spacial score (nSPS) is 12.1. The first-order valence-corrected chi connectivity index (χ1v) is 13.5. The molecule has 2 aromatic carbocycles. The fourth-order valence-corrected chi connectivity index (χ4v) is 3.94. The minimum Gasteiger partial charge on any atom is -0.382 e. The number of nitrogens with zero attached hydrogens (tertiary/aromatic N) is 6. The van der Waals surface area contributed by atoms with Gasteiger partial charge >= 0.3 is 0 Å². The zero-order valence-electron chi connectivity index (χ0n) is 24.4. The fraction of sp³-hybridized carbons (Fsp3) is 0.400. The molecular formula is C30H44Cl2N6O2. The molecule has 0 bridgehead atoms. The van der Waals surface area contributed by atoms with Gasteiger partial charge in [0, 0.05) is 45.5 Å². The van der Waals surface area contributed by atoms with Crippen molar-refractivity contribution in [2.45, 2.75) is 12.2 Å². The fourth-order valence-electron chi connectivity index (χ4n) is 3.60. The molecule has 2 aromatic heterocycles. The molecule has 0 amide bonds. The van der Waals surface area contributed by atoms with E-state index >= 15 is 0 Å². The zero-order valence-corrected chi connectivity index (χ0v) is 26.0. The molecule has 1 N–H and O–H groups in total. The molecule has 0 fully saturated rings. The molecule has 0 saturated carbocycles. The van der Waals surface area contributed by atoms with Crippen LogP contribution in [0.3, 0.4) is 0 Å². The van der Waals surface area contributed by atoms with E-state index in [2.05, 4.69) is 27.2 Å². The van der Waals surface area contributed by atoms with Crippen molar-refractivity contribution in [1.29, 1.82) is 0 Å². The number of ether oxygens (including phenoxy) is 1. The van der Waals surface area contributed by atoms with Gasteiger partial charge < -0.3 is 19.6 Å². The molecule has 4 rings (SSSR count). The summed E-state index contributed by atoms with van der Waals surface area (Å²) in [5, 5.41) is 18.3. The van der Waals surface area contributed by atoms with Crippen LogP contribution in [0, 0.1) is 0 Å². The number of aliphatic hydroxyl groups excluding tert-OH is 1. The van der Waals surface area contributed by atoms with E-state index in [4.69, 9.17) is 16.3 Å².